The van der Waals surface area contributed by atoms with Crippen molar-refractivity contribution in [2.24, 2.45) is 0 Å². The molecule has 0 saturated carbocycles. The van der Waals surface area contributed by atoms with E-state index in [-0.39, 0.29) is 17.4 Å². The Hall–Kier alpha value is 0.220. The first-order valence-corrected chi connectivity index (χ1v) is 7.23. The van der Waals surface area contributed by atoms with Crippen molar-refractivity contribution < 1.29 is 9.66 Å². The Morgan fingerprint density at radius 1 is 1.56 bits per heavy atom. The maximum Gasteiger partial charge on any atom is 0.136 e. The summed E-state index contributed by atoms with van der Waals surface area (Å²) in [5, 5.41) is 9.27. The molecule has 2 N–H and O–H groups in total. The molecule has 6 heteroatoms. The molecule has 0 saturated heterocycles. The molecule has 1 heterocycles. The Morgan fingerprint density at radius 3 is 2.56 bits per heavy atom. The molecule has 0 fully saturated rings. The second kappa shape index (κ2) is 5.71. The summed E-state index contributed by atoms with van der Waals surface area (Å²) in [6.45, 7) is 5.54. The maximum atomic E-state index is 11.9. The summed E-state index contributed by atoms with van der Waals surface area (Å²) in [4.78, 5) is 0.894. The molecule has 92 valence electrons. The Morgan fingerprint density at radius 2 is 2.19 bits per heavy atom. The topological polar surface area (TPSA) is 55.3 Å². The SMILES string of the molecule is CC(C)(C)[S+]([O-])N[C@@H](CO)c1ccc(Cl)s1. The van der Waals surface area contributed by atoms with Crippen LogP contribution in [0.3, 0.4) is 0 Å². The number of hydrogen-bond acceptors (Lipinski definition) is 4. The zero-order valence-corrected chi connectivity index (χ0v) is 11.9. The van der Waals surface area contributed by atoms with Crippen LogP contribution in [0.2, 0.25) is 4.34 Å². The Kier molecular flexibility index (Phi) is 5.10. The molecule has 0 aromatic carbocycles. The molecule has 1 unspecified atom stereocenters. The molecule has 0 radical (unpaired) electrons. The van der Waals surface area contributed by atoms with Crippen LogP contribution in [-0.4, -0.2) is 21.0 Å². The number of nitrogens with one attached hydrogen (secondary N) is 1. The van der Waals surface area contributed by atoms with Gasteiger partial charge in [-0.2, -0.15) is 0 Å². The molecule has 0 spiro atoms. The van der Waals surface area contributed by atoms with Crippen LogP contribution in [0.15, 0.2) is 12.1 Å². The minimum atomic E-state index is -1.20. The average Bonchev–Trinajstić information content (AvgIpc) is 2.59. The highest BCUT2D eigenvalue weighted by molar-refractivity contribution is 7.90. The average molecular weight is 282 g/mol. The van der Waals surface area contributed by atoms with Crippen LogP contribution >= 0.6 is 22.9 Å². The van der Waals surface area contributed by atoms with Crippen molar-refractivity contribution in [3.63, 3.8) is 0 Å². The zero-order valence-electron chi connectivity index (χ0n) is 9.49. The highest BCUT2D eigenvalue weighted by atomic mass is 35.5. The van der Waals surface area contributed by atoms with Gasteiger partial charge < -0.3 is 9.66 Å². The van der Waals surface area contributed by atoms with Crippen LogP contribution in [0.1, 0.15) is 31.7 Å². The molecule has 2 atom stereocenters. The highest BCUT2D eigenvalue weighted by Gasteiger charge is 2.30. The molecular formula is C10H16ClNO2S2. The minimum Gasteiger partial charge on any atom is -0.598 e. The van der Waals surface area contributed by atoms with E-state index in [0.29, 0.717) is 4.34 Å². The lowest BCUT2D eigenvalue weighted by Crippen LogP contribution is -2.42. The summed E-state index contributed by atoms with van der Waals surface area (Å²) >= 11 is 6.00. The quantitative estimate of drug-likeness (QED) is 0.834. The third kappa shape index (κ3) is 3.91. The van der Waals surface area contributed by atoms with E-state index in [0.717, 1.165) is 4.88 Å². The van der Waals surface area contributed by atoms with Gasteiger partial charge in [-0.25, -0.2) is 0 Å². The van der Waals surface area contributed by atoms with Gasteiger partial charge in [0.1, 0.15) is 10.8 Å². The molecule has 0 aliphatic carbocycles. The van der Waals surface area contributed by atoms with Crippen LogP contribution in [0.5, 0.6) is 0 Å². The fourth-order valence-electron chi connectivity index (χ4n) is 1.01. The molecule has 0 aliphatic rings. The molecule has 1 rings (SSSR count). The Bertz CT molecular complexity index is 338. The first-order valence-electron chi connectivity index (χ1n) is 4.88. The summed E-state index contributed by atoms with van der Waals surface area (Å²) < 4.78 is 15.1. The highest BCUT2D eigenvalue weighted by Crippen LogP contribution is 2.28. The van der Waals surface area contributed by atoms with Crippen LogP contribution in [-0.2, 0) is 11.4 Å². The van der Waals surface area contributed by atoms with Gasteiger partial charge in [0.05, 0.1) is 10.9 Å². The van der Waals surface area contributed by atoms with E-state index in [1.807, 2.05) is 26.8 Å². The second-order valence-corrected chi connectivity index (χ2v) is 8.12. The summed E-state index contributed by atoms with van der Waals surface area (Å²) in [5.74, 6) is 0. The molecule has 16 heavy (non-hydrogen) atoms. The van der Waals surface area contributed by atoms with Gasteiger partial charge in [0.2, 0.25) is 0 Å². The molecule has 0 bridgehead atoms. The van der Waals surface area contributed by atoms with Crippen molar-refractivity contribution in [3.05, 3.63) is 21.3 Å². The predicted molar refractivity (Wildman–Crippen MR) is 70.2 cm³/mol. The predicted octanol–water partition coefficient (Wildman–Crippen LogP) is 2.49. The van der Waals surface area contributed by atoms with Gasteiger partial charge in [-0.05, 0) is 32.9 Å². The number of aliphatic hydroxyl groups excluding tert-OH is 1. The van der Waals surface area contributed by atoms with E-state index >= 15 is 0 Å². The van der Waals surface area contributed by atoms with Crippen LogP contribution in [0.25, 0.3) is 0 Å². The van der Waals surface area contributed by atoms with Crippen LogP contribution in [0, 0.1) is 0 Å². The normalized spacial score (nSPS) is 16.1. The molecule has 0 amide bonds. The van der Waals surface area contributed by atoms with E-state index in [1.165, 1.54) is 11.3 Å². The number of thiophene rings is 1. The largest absolute Gasteiger partial charge is 0.598 e. The Labute approximate surface area is 108 Å². The number of halogens is 1. The lowest BCUT2D eigenvalue weighted by molar-refractivity contribution is 0.260. The van der Waals surface area contributed by atoms with Gasteiger partial charge in [-0.1, -0.05) is 11.6 Å². The first-order chi connectivity index (χ1) is 7.34. The van der Waals surface area contributed by atoms with E-state index in [4.69, 9.17) is 11.6 Å². The molecule has 1 aromatic rings. The van der Waals surface area contributed by atoms with Gasteiger partial charge >= 0.3 is 0 Å². The van der Waals surface area contributed by atoms with Crippen molar-refractivity contribution in [3.8, 4) is 0 Å². The molecule has 3 nitrogen and oxygen atoms in total. The van der Waals surface area contributed by atoms with Gasteiger partial charge in [-0.3, -0.25) is 0 Å². The summed E-state index contributed by atoms with van der Waals surface area (Å²) in [6, 6.07) is 3.28. The van der Waals surface area contributed by atoms with E-state index in [2.05, 4.69) is 4.72 Å². The minimum absolute atomic E-state index is 0.0985. The lowest BCUT2D eigenvalue weighted by atomic mass is 10.3. The number of hydrogen-bond donors (Lipinski definition) is 2. The van der Waals surface area contributed by atoms with Gasteiger partial charge in [0.15, 0.2) is 0 Å². The third-order valence-electron chi connectivity index (χ3n) is 1.93. The van der Waals surface area contributed by atoms with E-state index in [1.54, 1.807) is 6.07 Å². The van der Waals surface area contributed by atoms with Gasteiger partial charge in [0, 0.05) is 16.2 Å². The van der Waals surface area contributed by atoms with Crippen LogP contribution < -0.4 is 4.72 Å². The second-order valence-electron chi connectivity index (χ2n) is 4.38. The van der Waals surface area contributed by atoms with Gasteiger partial charge in [-0.15, -0.1) is 16.1 Å². The summed E-state index contributed by atoms with van der Waals surface area (Å²) in [7, 11) is 0. The fourth-order valence-corrected chi connectivity index (χ4v) is 3.00. The van der Waals surface area contributed by atoms with Crippen molar-refractivity contribution in [1.29, 1.82) is 0 Å². The van der Waals surface area contributed by atoms with Crippen LogP contribution in [0.4, 0.5) is 0 Å². The standard InChI is InChI=1S/C10H16ClNO2S2/c1-10(2,3)16(14)12-7(6-13)8-4-5-9(11)15-8/h4-5,7,12-13H,6H2,1-3H3/t7-,16?/m0/s1. The molecule has 1 aromatic heterocycles. The molecule has 0 aliphatic heterocycles. The van der Waals surface area contributed by atoms with Crippen molar-refractivity contribution in [1.82, 2.24) is 4.72 Å². The van der Waals surface area contributed by atoms with Crippen molar-refractivity contribution in [2.75, 3.05) is 6.61 Å². The Balaban J connectivity index is 2.70. The smallest absolute Gasteiger partial charge is 0.136 e. The van der Waals surface area contributed by atoms with Gasteiger partial charge in [0.25, 0.3) is 0 Å². The fraction of sp³-hybridized carbons (Fsp3) is 0.600. The van der Waals surface area contributed by atoms with E-state index < -0.39 is 11.4 Å². The molecular weight excluding hydrogens is 266 g/mol. The van der Waals surface area contributed by atoms with Crippen molar-refractivity contribution >= 4 is 34.3 Å². The third-order valence-corrected chi connectivity index (χ3v) is 4.88. The number of aliphatic hydroxyl groups is 1. The maximum absolute atomic E-state index is 11.9. The van der Waals surface area contributed by atoms with E-state index in [9.17, 15) is 9.66 Å². The summed E-state index contributed by atoms with van der Waals surface area (Å²) in [6.07, 6.45) is 0. The lowest BCUT2D eigenvalue weighted by Gasteiger charge is -2.26. The monoisotopic (exact) mass is 281 g/mol. The zero-order chi connectivity index (χ0) is 12.3. The number of rotatable bonds is 4. The van der Waals surface area contributed by atoms with Crippen molar-refractivity contribution in [2.45, 2.75) is 31.6 Å². The summed E-state index contributed by atoms with van der Waals surface area (Å²) in [5.41, 5.74) is 0. The first kappa shape index (κ1) is 14.3.